The Hall–Kier alpha value is -2.76. The molecule has 0 radical (unpaired) electrons. The summed E-state index contributed by atoms with van der Waals surface area (Å²) >= 11 is 0. The first kappa shape index (κ1) is 20.0. The molecule has 1 aromatic carbocycles. The quantitative estimate of drug-likeness (QED) is 0.762. The van der Waals surface area contributed by atoms with Crippen molar-refractivity contribution in [2.24, 2.45) is 5.92 Å². The highest BCUT2D eigenvalue weighted by Crippen LogP contribution is 2.47. The zero-order valence-corrected chi connectivity index (χ0v) is 17.0. The molecule has 0 unspecified atom stereocenters. The van der Waals surface area contributed by atoms with Crippen LogP contribution in [0.2, 0.25) is 0 Å². The van der Waals surface area contributed by atoms with Crippen LogP contribution in [0.1, 0.15) is 60.6 Å². The smallest absolute Gasteiger partial charge is 0.315 e. The average molecular weight is 383 g/mol. The summed E-state index contributed by atoms with van der Waals surface area (Å²) in [4.78, 5) is 26.0. The molecule has 0 spiro atoms. The Kier molecular flexibility index (Phi) is 6.07. The van der Waals surface area contributed by atoms with E-state index < -0.39 is 0 Å². The number of amides is 3. The summed E-state index contributed by atoms with van der Waals surface area (Å²) in [5.41, 5.74) is 1.55. The van der Waals surface area contributed by atoms with Gasteiger partial charge < -0.3 is 20.0 Å². The second-order valence-electron chi connectivity index (χ2n) is 7.96. The fraction of sp³-hybridized carbons (Fsp3) is 0.455. The number of carbonyl (C=O) groups excluding carboxylic acids is 2. The van der Waals surface area contributed by atoms with Gasteiger partial charge in [-0.05, 0) is 56.0 Å². The third-order valence-electron chi connectivity index (χ3n) is 4.97. The zero-order valence-electron chi connectivity index (χ0n) is 17.0. The van der Waals surface area contributed by atoms with Crippen molar-refractivity contribution in [3.05, 3.63) is 59.0 Å². The van der Waals surface area contributed by atoms with Crippen LogP contribution in [-0.4, -0.2) is 29.9 Å². The molecule has 1 fully saturated rings. The summed E-state index contributed by atoms with van der Waals surface area (Å²) in [6.45, 7) is 6.90. The van der Waals surface area contributed by atoms with E-state index in [1.165, 1.54) is 6.42 Å². The van der Waals surface area contributed by atoms with Crippen LogP contribution in [0.4, 0.5) is 4.79 Å². The van der Waals surface area contributed by atoms with E-state index in [1.54, 1.807) is 24.1 Å². The Morgan fingerprint density at radius 1 is 1.18 bits per heavy atom. The van der Waals surface area contributed by atoms with E-state index in [0.717, 1.165) is 17.1 Å². The number of furan rings is 1. The van der Waals surface area contributed by atoms with Crippen LogP contribution in [0, 0.1) is 5.92 Å². The predicted molar refractivity (Wildman–Crippen MR) is 108 cm³/mol. The average Bonchev–Trinajstić information content (AvgIpc) is 3.20. The minimum absolute atomic E-state index is 0.0604. The van der Waals surface area contributed by atoms with Crippen LogP contribution >= 0.6 is 0 Å². The van der Waals surface area contributed by atoms with Gasteiger partial charge in [0.2, 0.25) is 0 Å². The first-order valence-electron chi connectivity index (χ1n) is 9.81. The molecule has 1 saturated carbocycles. The van der Waals surface area contributed by atoms with Crippen molar-refractivity contribution in [1.29, 1.82) is 0 Å². The van der Waals surface area contributed by atoms with Crippen molar-refractivity contribution < 1.29 is 14.0 Å². The number of nitrogens with one attached hydrogen (secondary N) is 2. The maximum atomic E-state index is 12.7. The molecule has 1 aliphatic rings. The van der Waals surface area contributed by atoms with E-state index in [4.69, 9.17) is 4.42 Å². The predicted octanol–water partition coefficient (Wildman–Crippen LogP) is 3.88. The Bertz CT molecular complexity index is 826. The van der Waals surface area contributed by atoms with Crippen molar-refractivity contribution >= 4 is 11.9 Å². The molecule has 3 amide bonds. The lowest BCUT2D eigenvalue weighted by Crippen LogP contribution is -2.39. The third kappa shape index (κ3) is 5.15. The second kappa shape index (κ2) is 8.50. The summed E-state index contributed by atoms with van der Waals surface area (Å²) in [5, 5.41) is 5.57. The molecule has 28 heavy (non-hydrogen) atoms. The molecule has 1 heterocycles. The monoisotopic (exact) mass is 383 g/mol. The molecule has 150 valence electrons. The molecule has 3 rings (SSSR count). The lowest BCUT2D eigenvalue weighted by molar-refractivity contribution is 0.0774. The second-order valence-corrected chi connectivity index (χ2v) is 7.96. The number of benzene rings is 1. The van der Waals surface area contributed by atoms with Gasteiger partial charge in [-0.2, -0.15) is 0 Å². The van der Waals surface area contributed by atoms with E-state index in [1.807, 2.05) is 38.1 Å². The van der Waals surface area contributed by atoms with Gasteiger partial charge in [-0.1, -0.05) is 19.1 Å². The molecule has 2 aromatic rings. The van der Waals surface area contributed by atoms with Gasteiger partial charge in [0.15, 0.2) is 0 Å². The maximum absolute atomic E-state index is 12.7. The minimum atomic E-state index is -0.201. The van der Waals surface area contributed by atoms with Crippen LogP contribution in [-0.2, 0) is 13.1 Å². The molecule has 0 bridgehead atoms. The number of rotatable bonds is 7. The number of hydrogen-bond acceptors (Lipinski definition) is 3. The van der Waals surface area contributed by atoms with Crippen molar-refractivity contribution in [1.82, 2.24) is 15.5 Å². The molecular formula is C22H29N3O3. The van der Waals surface area contributed by atoms with E-state index in [0.29, 0.717) is 30.5 Å². The lowest BCUT2D eigenvalue weighted by Gasteiger charge is -2.16. The number of hydrogen-bond donors (Lipinski definition) is 2. The Labute approximate surface area is 166 Å². The Morgan fingerprint density at radius 2 is 1.86 bits per heavy atom. The maximum Gasteiger partial charge on any atom is 0.315 e. The van der Waals surface area contributed by atoms with Crippen LogP contribution < -0.4 is 10.6 Å². The summed E-state index contributed by atoms with van der Waals surface area (Å²) in [5.74, 6) is 3.01. The number of nitrogens with zero attached hydrogens (tertiary/aromatic N) is 1. The fourth-order valence-corrected chi connectivity index (χ4v) is 3.18. The van der Waals surface area contributed by atoms with Gasteiger partial charge >= 0.3 is 6.03 Å². The molecular weight excluding hydrogens is 354 g/mol. The van der Waals surface area contributed by atoms with Gasteiger partial charge in [0.1, 0.15) is 11.5 Å². The molecule has 0 aliphatic heterocycles. The Morgan fingerprint density at radius 3 is 2.46 bits per heavy atom. The van der Waals surface area contributed by atoms with Crippen molar-refractivity contribution in [2.45, 2.75) is 52.2 Å². The summed E-state index contributed by atoms with van der Waals surface area (Å²) in [7, 11) is 1.77. The highest BCUT2D eigenvalue weighted by atomic mass is 16.3. The van der Waals surface area contributed by atoms with Crippen LogP contribution in [0.5, 0.6) is 0 Å². The summed E-state index contributed by atoms with van der Waals surface area (Å²) < 4.78 is 5.90. The topological polar surface area (TPSA) is 74.6 Å². The van der Waals surface area contributed by atoms with Gasteiger partial charge in [0.25, 0.3) is 5.91 Å². The SMILES string of the molecule is CC(C)NC(=O)NCc1ccc(C(=O)N(C)Cc2ccc([C@H]3C[C@@H]3C)o2)cc1. The van der Waals surface area contributed by atoms with Gasteiger partial charge in [0.05, 0.1) is 6.54 Å². The molecule has 6 heteroatoms. The van der Waals surface area contributed by atoms with Gasteiger partial charge in [-0.3, -0.25) is 4.79 Å². The van der Waals surface area contributed by atoms with E-state index in [-0.39, 0.29) is 18.0 Å². The molecule has 1 aromatic heterocycles. The normalized spacial score (nSPS) is 18.0. The number of urea groups is 1. The van der Waals surface area contributed by atoms with Gasteiger partial charge in [-0.15, -0.1) is 0 Å². The zero-order chi connectivity index (χ0) is 20.3. The Balaban J connectivity index is 1.52. The molecule has 2 N–H and O–H groups in total. The van der Waals surface area contributed by atoms with Crippen molar-refractivity contribution in [3.8, 4) is 0 Å². The van der Waals surface area contributed by atoms with Crippen LogP contribution in [0.25, 0.3) is 0 Å². The fourth-order valence-electron chi connectivity index (χ4n) is 3.18. The highest BCUT2D eigenvalue weighted by molar-refractivity contribution is 5.94. The molecule has 1 aliphatic carbocycles. The van der Waals surface area contributed by atoms with Crippen molar-refractivity contribution in [2.75, 3.05) is 7.05 Å². The molecule has 0 saturated heterocycles. The standard InChI is InChI=1S/C22H29N3O3/c1-14(2)24-22(27)23-12-16-5-7-17(8-6-16)21(26)25(4)13-18-9-10-20(28-18)19-11-15(19)3/h5-10,14-15,19H,11-13H2,1-4H3,(H2,23,24,27)/t15-,19-/m0/s1. The largest absolute Gasteiger partial charge is 0.464 e. The highest BCUT2D eigenvalue weighted by Gasteiger charge is 2.36. The first-order chi connectivity index (χ1) is 13.3. The van der Waals surface area contributed by atoms with E-state index in [9.17, 15) is 9.59 Å². The van der Waals surface area contributed by atoms with Gasteiger partial charge in [-0.25, -0.2) is 4.79 Å². The minimum Gasteiger partial charge on any atom is -0.464 e. The van der Waals surface area contributed by atoms with Gasteiger partial charge in [0, 0.05) is 31.1 Å². The van der Waals surface area contributed by atoms with E-state index >= 15 is 0 Å². The van der Waals surface area contributed by atoms with Crippen molar-refractivity contribution in [3.63, 3.8) is 0 Å². The third-order valence-corrected chi connectivity index (χ3v) is 4.97. The number of carbonyl (C=O) groups is 2. The van der Waals surface area contributed by atoms with Crippen LogP contribution in [0.3, 0.4) is 0 Å². The first-order valence-corrected chi connectivity index (χ1v) is 9.81. The molecule has 2 atom stereocenters. The van der Waals surface area contributed by atoms with E-state index in [2.05, 4.69) is 17.6 Å². The lowest BCUT2D eigenvalue weighted by atomic mass is 10.1. The molecule has 6 nitrogen and oxygen atoms in total. The van der Waals surface area contributed by atoms with Crippen LogP contribution in [0.15, 0.2) is 40.8 Å². The summed E-state index contributed by atoms with van der Waals surface area (Å²) in [6.07, 6.45) is 1.18. The summed E-state index contributed by atoms with van der Waals surface area (Å²) in [6, 6.07) is 11.2.